The molecule has 1 N–H and O–H groups in total. The average molecular weight is 360 g/mol. The zero-order valence-electron chi connectivity index (χ0n) is 13.0. The molecule has 24 heavy (non-hydrogen) atoms. The van der Waals surface area contributed by atoms with Gasteiger partial charge >= 0.3 is 0 Å². The maximum Gasteiger partial charge on any atom is 0.236 e. The molecule has 0 atom stereocenters. The van der Waals surface area contributed by atoms with Gasteiger partial charge in [0.1, 0.15) is 5.75 Å². The fourth-order valence-corrected chi connectivity index (χ4v) is 3.36. The monoisotopic (exact) mass is 360 g/mol. The molecule has 0 spiro atoms. The van der Waals surface area contributed by atoms with E-state index in [1.165, 1.54) is 23.1 Å². The van der Waals surface area contributed by atoms with E-state index in [1.807, 2.05) is 40.4 Å². The largest absolute Gasteiger partial charge is 0.497 e. The standard InChI is InChI=1S/C16H16N4O2S2/c1-22-13-4-2-12(3-5-13)10-20-8-6-18-16(20)24-11-14(21)19-15-17-7-9-23-15/h2-9H,10-11H2,1H3,(H,17,19,21). The van der Waals surface area contributed by atoms with E-state index in [0.717, 1.165) is 16.5 Å². The van der Waals surface area contributed by atoms with Gasteiger partial charge in [-0.05, 0) is 17.7 Å². The maximum absolute atomic E-state index is 11.9. The lowest BCUT2D eigenvalue weighted by Gasteiger charge is -2.08. The van der Waals surface area contributed by atoms with Crippen molar-refractivity contribution in [2.75, 3.05) is 18.2 Å². The van der Waals surface area contributed by atoms with Gasteiger partial charge in [0, 0.05) is 30.5 Å². The van der Waals surface area contributed by atoms with E-state index in [2.05, 4.69) is 15.3 Å². The molecule has 0 bridgehead atoms. The number of hydrogen-bond acceptors (Lipinski definition) is 6. The summed E-state index contributed by atoms with van der Waals surface area (Å²) in [4.78, 5) is 20.3. The van der Waals surface area contributed by atoms with Crippen LogP contribution >= 0.6 is 23.1 Å². The van der Waals surface area contributed by atoms with Gasteiger partial charge in [-0.25, -0.2) is 9.97 Å². The van der Waals surface area contributed by atoms with E-state index in [4.69, 9.17) is 4.74 Å². The summed E-state index contributed by atoms with van der Waals surface area (Å²) in [5.41, 5.74) is 1.14. The Morgan fingerprint density at radius 1 is 1.29 bits per heavy atom. The number of rotatable bonds is 7. The third-order valence-electron chi connectivity index (χ3n) is 3.20. The number of imidazole rings is 1. The number of anilines is 1. The van der Waals surface area contributed by atoms with Crippen molar-refractivity contribution in [1.29, 1.82) is 0 Å². The Morgan fingerprint density at radius 3 is 2.83 bits per heavy atom. The van der Waals surface area contributed by atoms with Gasteiger partial charge in [-0.2, -0.15) is 0 Å². The van der Waals surface area contributed by atoms with Crippen LogP contribution in [-0.4, -0.2) is 33.3 Å². The van der Waals surface area contributed by atoms with Crippen LogP contribution < -0.4 is 10.1 Å². The van der Waals surface area contributed by atoms with E-state index in [-0.39, 0.29) is 5.91 Å². The number of thiazole rings is 1. The molecule has 3 rings (SSSR count). The lowest BCUT2D eigenvalue weighted by molar-refractivity contribution is -0.113. The number of benzene rings is 1. The van der Waals surface area contributed by atoms with Crippen LogP contribution in [0.15, 0.2) is 53.4 Å². The number of nitrogens with zero attached hydrogens (tertiary/aromatic N) is 3. The number of carbonyl (C=O) groups is 1. The molecule has 0 saturated carbocycles. The minimum absolute atomic E-state index is 0.0889. The Labute approximate surface area is 147 Å². The summed E-state index contributed by atoms with van der Waals surface area (Å²) in [6, 6.07) is 7.89. The second-order valence-corrected chi connectivity index (χ2v) is 6.70. The Balaban J connectivity index is 1.57. The molecule has 0 aliphatic carbocycles. The number of hydrogen-bond donors (Lipinski definition) is 1. The predicted octanol–water partition coefficient (Wildman–Crippen LogP) is 3.13. The third kappa shape index (κ3) is 4.36. The smallest absolute Gasteiger partial charge is 0.236 e. The van der Waals surface area contributed by atoms with Crippen LogP contribution in [0.5, 0.6) is 5.75 Å². The first-order valence-corrected chi connectivity index (χ1v) is 9.07. The number of thioether (sulfide) groups is 1. The van der Waals surface area contributed by atoms with Gasteiger partial charge in [-0.15, -0.1) is 11.3 Å². The zero-order chi connectivity index (χ0) is 16.8. The summed E-state index contributed by atoms with van der Waals surface area (Å²) in [6.07, 6.45) is 5.31. The molecule has 1 aromatic carbocycles. The van der Waals surface area contributed by atoms with E-state index < -0.39 is 0 Å². The first kappa shape index (κ1) is 16.5. The van der Waals surface area contributed by atoms with Crippen LogP contribution in [0.1, 0.15) is 5.56 Å². The number of methoxy groups -OCH3 is 1. The first-order chi connectivity index (χ1) is 11.7. The van der Waals surface area contributed by atoms with Gasteiger partial charge in [0.2, 0.25) is 5.91 Å². The fourth-order valence-electron chi connectivity index (χ4n) is 2.05. The molecule has 6 nitrogen and oxygen atoms in total. The molecule has 0 radical (unpaired) electrons. The minimum atomic E-state index is -0.0889. The highest BCUT2D eigenvalue weighted by Crippen LogP contribution is 2.19. The van der Waals surface area contributed by atoms with Crippen LogP contribution in [0.25, 0.3) is 0 Å². The summed E-state index contributed by atoms with van der Waals surface area (Å²) in [5, 5.41) is 6.01. The van der Waals surface area contributed by atoms with Crippen LogP contribution in [0.2, 0.25) is 0 Å². The topological polar surface area (TPSA) is 69.0 Å². The van der Waals surface area contributed by atoms with Gasteiger partial charge in [0.15, 0.2) is 10.3 Å². The van der Waals surface area contributed by atoms with Gasteiger partial charge in [-0.3, -0.25) is 4.79 Å². The average Bonchev–Trinajstić information content (AvgIpc) is 3.26. The van der Waals surface area contributed by atoms with Crippen molar-refractivity contribution in [2.24, 2.45) is 0 Å². The first-order valence-electron chi connectivity index (χ1n) is 7.21. The molecule has 2 aromatic heterocycles. The molecule has 0 aliphatic rings. The third-order valence-corrected chi connectivity index (χ3v) is 4.89. The number of carbonyl (C=O) groups excluding carboxylic acids is 1. The van der Waals surface area contributed by atoms with E-state index in [0.29, 0.717) is 17.4 Å². The lowest BCUT2D eigenvalue weighted by Crippen LogP contribution is -2.14. The lowest BCUT2D eigenvalue weighted by atomic mass is 10.2. The van der Waals surface area contributed by atoms with Crippen molar-refractivity contribution in [3.8, 4) is 5.75 Å². The molecule has 8 heteroatoms. The molecule has 0 saturated heterocycles. The summed E-state index contributed by atoms with van der Waals surface area (Å²) < 4.78 is 7.18. The molecule has 3 aromatic rings. The number of ether oxygens (including phenoxy) is 1. The highest BCUT2D eigenvalue weighted by atomic mass is 32.2. The number of amides is 1. The second-order valence-electron chi connectivity index (χ2n) is 4.86. The molecule has 0 fully saturated rings. The Bertz CT molecular complexity index is 785. The quantitative estimate of drug-likeness (QED) is 0.656. The van der Waals surface area contributed by atoms with Crippen molar-refractivity contribution >= 4 is 34.1 Å². The van der Waals surface area contributed by atoms with Crippen LogP contribution in [-0.2, 0) is 11.3 Å². The summed E-state index contributed by atoms with van der Waals surface area (Å²) in [5.74, 6) is 1.03. The summed E-state index contributed by atoms with van der Waals surface area (Å²) in [7, 11) is 1.65. The van der Waals surface area contributed by atoms with Crippen LogP contribution in [0.3, 0.4) is 0 Å². The minimum Gasteiger partial charge on any atom is -0.497 e. The molecule has 124 valence electrons. The van der Waals surface area contributed by atoms with Crippen molar-refractivity contribution < 1.29 is 9.53 Å². The van der Waals surface area contributed by atoms with Gasteiger partial charge < -0.3 is 14.6 Å². The normalized spacial score (nSPS) is 10.5. The van der Waals surface area contributed by atoms with E-state index in [1.54, 1.807) is 19.5 Å². The van der Waals surface area contributed by atoms with Crippen LogP contribution in [0.4, 0.5) is 5.13 Å². The Morgan fingerprint density at radius 2 is 2.12 bits per heavy atom. The predicted molar refractivity (Wildman–Crippen MR) is 95.8 cm³/mol. The van der Waals surface area contributed by atoms with Gasteiger partial charge in [-0.1, -0.05) is 23.9 Å². The molecular weight excluding hydrogens is 344 g/mol. The van der Waals surface area contributed by atoms with Crippen molar-refractivity contribution in [1.82, 2.24) is 14.5 Å². The zero-order valence-corrected chi connectivity index (χ0v) is 14.6. The molecular formula is C16H16N4O2S2. The maximum atomic E-state index is 11.9. The number of aromatic nitrogens is 3. The summed E-state index contributed by atoms with van der Waals surface area (Å²) in [6.45, 7) is 0.695. The fraction of sp³-hybridized carbons (Fsp3) is 0.188. The molecule has 2 heterocycles. The van der Waals surface area contributed by atoms with Crippen molar-refractivity contribution in [2.45, 2.75) is 11.7 Å². The number of nitrogens with one attached hydrogen (secondary N) is 1. The molecule has 0 unspecified atom stereocenters. The second kappa shape index (κ2) is 7.98. The molecule has 0 aliphatic heterocycles. The Hall–Kier alpha value is -2.32. The van der Waals surface area contributed by atoms with E-state index in [9.17, 15) is 4.79 Å². The highest BCUT2D eigenvalue weighted by Gasteiger charge is 2.09. The van der Waals surface area contributed by atoms with E-state index >= 15 is 0 Å². The highest BCUT2D eigenvalue weighted by molar-refractivity contribution is 7.99. The van der Waals surface area contributed by atoms with Gasteiger partial charge in [0.25, 0.3) is 0 Å². The summed E-state index contributed by atoms with van der Waals surface area (Å²) >= 11 is 2.80. The van der Waals surface area contributed by atoms with Crippen molar-refractivity contribution in [3.05, 3.63) is 53.8 Å². The van der Waals surface area contributed by atoms with Crippen LogP contribution in [0, 0.1) is 0 Å². The van der Waals surface area contributed by atoms with Gasteiger partial charge in [0.05, 0.1) is 12.9 Å². The van der Waals surface area contributed by atoms with Crippen molar-refractivity contribution in [3.63, 3.8) is 0 Å². The Kier molecular flexibility index (Phi) is 5.50. The molecule has 1 amide bonds. The SMILES string of the molecule is COc1ccc(Cn2ccnc2SCC(=O)Nc2nccs2)cc1.